The Labute approximate surface area is 148 Å². The van der Waals surface area contributed by atoms with E-state index >= 15 is 0 Å². The summed E-state index contributed by atoms with van der Waals surface area (Å²) in [5.41, 5.74) is 1.93. The minimum atomic E-state index is -0.405. The first-order chi connectivity index (χ1) is 12.1. The van der Waals surface area contributed by atoms with Crippen LogP contribution in [-0.2, 0) is 11.3 Å². The van der Waals surface area contributed by atoms with Crippen LogP contribution in [0, 0.1) is 5.92 Å². The minimum Gasteiger partial charge on any atom is -0.493 e. The van der Waals surface area contributed by atoms with Gasteiger partial charge in [0.1, 0.15) is 11.3 Å². The van der Waals surface area contributed by atoms with E-state index in [1.807, 2.05) is 11.8 Å². The summed E-state index contributed by atoms with van der Waals surface area (Å²) in [5.74, 6) is 0.593. The minimum absolute atomic E-state index is 0.0323. The van der Waals surface area contributed by atoms with Crippen molar-refractivity contribution in [2.24, 2.45) is 5.92 Å². The Morgan fingerprint density at radius 1 is 1.24 bits per heavy atom. The molecule has 2 aliphatic rings. The fourth-order valence-corrected chi connectivity index (χ4v) is 3.57. The van der Waals surface area contributed by atoms with E-state index in [1.165, 1.54) is 0 Å². The fraction of sp³-hybridized carbons (Fsp3) is 0.579. The number of ether oxygens (including phenoxy) is 2. The molecule has 0 radical (unpaired) electrons. The number of amides is 1. The number of fused-ring (bicyclic) bond motifs is 1. The van der Waals surface area contributed by atoms with Gasteiger partial charge in [-0.15, -0.1) is 0 Å². The maximum atomic E-state index is 12.8. The Hall–Kier alpha value is -2.08. The molecule has 1 N–H and O–H groups in total. The van der Waals surface area contributed by atoms with E-state index in [1.54, 1.807) is 19.1 Å². The molecule has 6 heteroatoms. The van der Waals surface area contributed by atoms with Crippen LogP contribution in [0.4, 0.5) is 0 Å². The Balaban J connectivity index is 1.82. The number of rotatable bonds is 6. The molecule has 0 aliphatic carbocycles. The molecule has 6 nitrogen and oxygen atoms in total. The zero-order chi connectivity index (χ0) is 17.8. The van der Waals surface area contributed by atoms with Crippen molar-refractivity contribution >= 4 is 11.9 Å². The maximum Gasteiger partial charge on any atom is 0.341 e. The monoisotopic (exact) mass is 346 g/mol. The Morgan fingerprint density at radius 2 is 2.00 bits per heavy atom. The number of esters is 1. The number of benzene rings is 1. The van der Waals surface area contributed by atoms with Crippen LogP contribution in [0.5, 0.6) is 5.75 Å². The summed E-state index contributed by atoms with van der Waals surface area (Å²) in [6.07, 6.45) is 2.19. The lowest BCUT2D eigenvalue weighted by molar-refractivity contribution is 0.0521. The van der Waals surface area contributed by atoms with E-state index in [-0.39, 0.29) is 5.91 Å². The molecule has 2 heterocycles. The number of carbonyl (C=O) groups excluding carboxylic acids is 2. The summed E-state index contributed by atoms with van der Waals surface area (Å²) in [4.78, 5) is 26.9. The maximum absolute atomic E-state index is 12.8. The van der Waals surface area contributed by atoms with Crippen molar-refractivity contribution in [3.05, 3.63) is 28.8 Å². The number of hydrogen-bond donors (Lipinski definition) is 1. The summed E-state index contributed by atoms with van der Waals surface area (Å²) in [7, 11) is 0. The first-order valence-corrected chi connectivity index (χ1v) is 9.10. The van der Waals surface area contributed by atoms with E-state index in [4.69, 9.17) is 9.47 Å². The Morgan fingerprint density at radius 3 is 2.68 bits per heavy atom. The SMILES string of the molecule is CCOC(=O)c1cc2c(cc1OCC)C(=O)N(CC1CCNCC1)C2. The van der Waals surface area contributed by atoms with Gasteiger partial charge in [0, 0.05) is 18.7 Å². The van der Waals surface area contributed by atoms with E-state index in [9.17, 15) is 9.59 Å². The molecule has 1 amide bonds. The third kappa shape index (κ3) is 3.79. The van der Waals surface area contributed by atoms with Crippen molar-refractivity contribution in [3.8, 4) is 5.75 Å². The van der Waals surface area contributed by atoms with Crippen molar-refractivity contribution in [1.29, 1.82) is 0 Å². The number of hydrogen-bond acceptors (Lipinski definition) is 5. The Kier molecular flexibility index (Phi) is 5.58. The molecule has 136 valence electrons. The highest BCUT2D eigenvalue weighted by molar-refractivity contribution is 6.01. The van der Waals surface area contributed by atoms with E-state index < -0.39 is 5.97 Å². The topological polar surface area (TPSA) is 67.9 Å². The molecule has 0 unspecified atom stereocenters. The zero-order valence-corrected chi connectivity index (χ0v) is 15.0. The number of nitrogens with zero attached hydrogens (tertiary/aromatic N) is 1. The predicted molar refractivity (Wildman–Crippen MR) is 93.9 cm³/mol. The third-order valence-corrected chi connectivity index (χ3v) is 4.82. The van der Waals surface area contributed by atoms with Crippen LogP contribution < -0.4 is 10.1 Å². The van der Waals surface area contributed by atoms with Gasteiger partial charge in [-0.05, 0) is 63.4 Å². The largest absolute Gasteiger partial charge is 0.493 e. The van der Waals surface area contributed by atoms with Gasteiger partial charge in [-0.1, -0.05) is 0 Å². The van der Waals surface area contributed by atoms with Gasteiger partial charge in [0.15, 0.2) is 0 Å². The van der Waals surface area contributed by atoms with E-state index in [0.29, 0.717) is 42.6 Å². The van der Waals surface area contributed by atoms with Gasteiger partial charge in [-0.25, -0.2) is 4.79 Å². The summed E-state index contributed by atoms with van der Waals surface area (Å²) in [6.45, 7) is 7.72. The molecular weight excluding hydrogens is 320 g/mol. The van der Waals surface area contributed by atoms with Gasteiger partial charge >= 0.3 is 5.97 Å². The van der Waals surface area contributed by atoms with Crippen molar-refractivity contribution in [2.45, 2.75) is 33.2 Å². The second kappa shape index (κ2) is 7.87. The molecule has 1 aromatic rings. The molecule has 25 heavy (non-hydrogen) atoms. The number of carbonyl (C=O) groups is 2. The lowest BCUT2D eigenvalue weighted by Gasteiger charge is -2.27. The first-order valence-electron chi connectivity index (χ1n) is 9.10. The summed E-state index contributed by atoms with van der Waals surface area (Å²) in [5, 5.41) is 3.35. The van der Waals surface area contributed by atoms with Crippen LogP contribution in [0.3, 0.4) is 0 Å². The van der Waals surface area contributed by atoms with Gasteiger partial charge in [0.2, 0.25) is 0 Å². The Bertz CT molecular complexity index is 653. The highest BCUT2D eigenvalue weighted by atomic mass is 16.5. The van der Waals surface area contributed by atoms with E-state index in [2.05, 4.69) is 5.32 Å². The van der Waals surface area contributed by atoms with Crippen LogP contribution >= 0.6 is 0 Å². The standard InChI is InChI=1S/C19H26N2O4/c1-3-24-17-10-15-14(9-16(17)19(23)25-4-2)12-21(18(15)22)11-13-5-7-20-8-6-13/h9-10,13,20H,3-8,11-12H2,1-2H3. The molecule has 0 aromatic heterocycles. The summed E-state index contributed by atoms with van der Waals surface area (Å²) < 4.78 is 10.7. The highest BCUT2D eigenvalue weighted by Crippen LogP contribution is 2.32. The average molecular weight is 346 g/mol. The second-order valence-electron chi connectivity index (χ2n) is 6.54. The molecule has 1 fully saturated rings. The van der Waals surface area contributed by atoms with Gasteiger partial charge < -0.3 is 19.7 Å². The molecule has 1 saturated heterocycles. The molecule has 1 aromatic carbocycles. The molecule has 0 spiro atoms. The van der Waals surface area contributed by atoms with Crippen molar-refractivity contribution in [1.82, 2.24) is 10.2 Å². The van der Waals surface area contributed by atoms with Gasteiger partial charge in [-0.2, -0.15) is 0 Å². The van der Waals surface area contributed by atoms with Crippen LogP contribution in [0.15, 0.2) is 12.1 Å². The van der Waals surface area contributed by atoms with Gasteiger partial charge in [0.25, 0.3) is 5.91 Å². The van der Waals surface area contributed by atoms with Crippen molar-refractivity contribution in [2.75, 3.05) is 32.8 Å². The van der Waals surface area contributed by atoms with Gasteiger partial charge in [-0.3, -0.25) is 4.79 Å². The average Bonchev–Trinajstić information content (AvgIpc) is 2.91. The second-order valence-corrected chi connectivity index (χ2v) is 6.54. The summed E-state index contributed by atoms with van der Waals surface area (Å²) in [6, 6.07) is 3.47. The first kappa shape index (κ1) is 17.7. The highest BCUT2D eigenvalue weighted by Gasteiger charge is 2.32. The van der Waals surface area contributed by atoms with Crippen LogP contribution in [0.1, 0.15) is 53.0 Å². The fourth-order valence-electron chi connectivity index (χ4n) is 3.57. The van der Waals surface area contributed by atoms with Crippen LogP contribution in [0.25, 0.3) is 0 Å². The number of piperidine rings is 1. The molecule has 0 saturated carbocycles. The van der Waals surface area contributed by atoms with Crippen LogP contribution in [0.2, 0.25) is 0 Å². The predicted octanol–water partition coefficient (Wildman–Crippen LogP) is 2.22. The zero-order valence-electron chi connectivity index (χ0n) is 15.0. The van der Waals surface area contributed by atoms with Crippen molar-refractivity contribution in [3.63, 3.8) is 0 Å². The van der Waals surface area contributed by atoms with Crippen LogP contribution in [-0.4, -0.2) is 49.6 Å². The molecule has 2 aliphatic heterocycles. The van der Waals surface area contributed by atoms with Gasteiger partial charge in [0.05, 0.1) is 13.2 Å². The van der Waals surface area contributed by atoms with E-state index in [0.717, 1.165) is 38.0 Å². The quantitative estimate of drug-likeness (QED) is 0.800. The third-order valence-electron chi connectivity index (χ3n) is 4.82. The summed E-state index contributed by atoms with van der Waals surface area (Å²) >= 11 is 0. The molecule has 3 rings (SSSR count). The molecular formula is C19H26N2O4. The normalized spacial score (nSPS) is 17.5. The van der Waals surface area contributed by atoms with Crippen molar-refractivity contribution < 1.29 is 19.1 Å². The molecule has 0 atom stereocenters. The lowest BCUT2D eigenvalue weighted by Crippen LogP contribution is -2.36. The number of nitrogens with one attached hydrogen (secondary N) is 1. The smallest absolute Gasteiger partial charge is 0.341 e. The molecule has 0 bridgehead atoms. The lowest BCUT2D eigenvalue weighted by atomic mass is 9.98.